The second-order valence-corrected chi connectivity index (χ2v) is 4.38. The van der Waals surface area contributed by atoms with Crippen molar-refractivity contribution in [2.24, 2.45) is 0 Å². The fraction of sp³-hybridized carbons (Fsp3) is 0.900. The first-order valence-electron chi connectivity index (χ1n) is 4.90. The predicted octanol–water partition coefficient (Wildman–Crippen LogP) is 3.63. The van der Waals surface area contributed by atoms with Gasteiger partial charge in [-0.05, 0) is 6.42 Å². The van der Waals surface area contributed by atoms with Crippen LogP contribution >= 0.6 is 11.8 Å². The highest BCUT2D eigenvalue weighted by Crippen LogP contribution is 2.09. The first-order valence-corrected chi connectivity index (χ1v) is 5.89. The number of thioether (sulfide) groups is 1. The molecule has 0 aliphatic carbocycles. The van der Waals surface area contributed by atoms with Crippen LogP contribution in [0.5, 0.6) is 0 Å². The smallest absolute Gasteiger partial charge is 0.185 e. The Balaban J connectivity index is 2.86. The molecule has 0 atom stereocenters. The van der Waals surface area contributed by atoms with Crippen LogP contribution in [0, 0.1) is 0 Å². The molecule has 0 aromatic heterocycles. The first kappa shape index (κ1) is 12.0. The quantitative estimate of drug-likeness (QED) is 0.567. The van der Waals surface area contributed by atoms with E-state index in [0.717, 1.165) is 5.75 Å². The van der Waals surface area contributed by atoms with Gasteiger partial charge in [0.1, 0.15) is 0 Å². The molecule has 0 radical (unpaired) electrons. The number of carbonyl (C=O) groups is 1. The standard InChI is InChI=1S/C10H20OS/c1-3-4-5-6-7-8-9-12-10(2)11/h3-9H2,1-2H3. The summed E-state index contributed by atoms with van der Waals surface area (Å²) in [5.74, 6) is 1.02. The summed E-state index contributed by atoms with van der Waals surface area (Å²) in [5.41, 5.74) is 0. The van der Waals surface area contributed by atoms with Gasteiger partial charge >= 0.3 is 0 Å². The van der Waals surface area contributed by atoms with E-state index >= 15 is 0 Å². The molecule has 1 nitrogen and oxygen atoms in total. The van der Waals surface area contributed by atoms with E-state index < -0.39 is 0 Å². The molecule has 0 amide bonds. The van der Waals surface area contributed by atoms with Crippen LogP contribution in [0.3, 0.4) is 0 Å². The van der Waals surface area contributed by atoms with Crippen LogP contribution in [0.25, 0.3) is 0 Å². The molecule has 0 heterocycles. The number of carbonyl (C=O) groups excluding carboxylic acids is 1. The molecule has 0 aromatic rings. The molecule has 0 saturated carbocycles. The molecule has 0 bridgehead atoms. The molecular formula is C10H20OS. The average Bonchev–Trinajstić information content (AvgIpc) is 2.02. The summed E-state index contributed by atoms with van der Waals surface area (Å²) >= 11 is 1.46. The third-order valence-electron chi connectivity index (χ3n) is 1.80. The lowest BCUT2D eigenvalue weighted by Crippen LogP contribution is -1.86. The lowest BCUT2D eigenvalue weighted by Gasteiger charge is -1.98. The minimum absolute atomic E-state index is 0.253. The third-order valence-corrected chi connectivity index (χ3v) is 2.70. The van der Waals surface area contributed by atoms with Gasteiger partial charge in [-0.3, -0.25) is 4.79 Å². The van der Waals surface area contributed by atoms with E-state index in [1.807, 2.05) is 0 Å². The molecule has 0 unspecified atom stereocenters. The van der Waals surface area contributed by atoms with Crippen LogP contribution in [0.2, 0.25) is 0 Å². The maximum atomic E-state index is 10.5. The summed E-state index contributed by atoms with van der Waals surface area (Å²) in [6, 6.07) is 0. The second kappa shape index (κ2) is 9.11. The summed E-state index contributed by atoms with van der Waals surface area (Å²) in [6.45, 7) is 3.87. The number of rotatable bonds is 7. The lowest BCUT2D eigenvalue weighted by atomic mass is 10.1. The molecule has 0 aliphatic rings. The van der Waals surface area contributed by atoms with Gasteiger partial charge in [0.15, 0.2) is 5.12 Å². The van der Waals surface area contributed by atoms with Crippen molar-refractivity contribution >= 4 is 16.9 Å². The van der Waals surface area contributed by atoms with Gasteiger partial charge in [-0.2, -0.15) is 0 Å². The summed E-state index contributed by atoms with van der Waals surface area (Å²) < 4.78 is 0. The fourth-order valence-electron chi connectivity index (χ4n) is 1.10. The van der Waals surface area contributed by atoms with Crippen LogP contribution in [0.15, 0.2) is 0 Å². The molecule has 0 N–H and O–H groups in total. The lowest BCUT2D eigenvalue weighted by molar-refractivity contribution is -0.109. The van der Waals surface area contributed by atoms with Crippen LogP contribution in [0.1, 0.15) is 52.4 Å². The van der Waals surface area contributed by atoms with Crippen LogP contribution in [0.4, 0.5) is 0 Å². The highest BCUT2D eigenvalue weighted by Gasteiger charge is 1.93. The predicted molar refractivity (Wildman–Crippen MR) is 56.5 cm³/mol. The van der Waals surface area contributed by atoms with E-state index in [-0.39, 0.29) is 5.12 Å². The van der Waals surface area contributed by atoms with Gasteiger partial charge in [0, 0.05) is 12.7 Å². The van der Waals surface area contributed by atoms with Crippen molar-refractivity contribution in [2.75, 3.05) is 5.75 Å². The van der Waals surface area contributed by atoms with E-state index in [9.17, 15) is 4.79 Å². The Morgan fingerprint density at radius 1 is 1.08 bits per heavy atom. The molecule has 0 spiro atoms. The molecule has 0 rings (SSSR count). The van der Waals surface area contributed by atoms with Crippen molar-refractivity contribution in [3.05, 3.63) is 0 Å². The normalized spacial score (nSPS) is 10.2. The molecule has 0 saturated heterocycles. The van der Waals surface area contributed by atoms with Gasteiger partial charge in [0.2, 0.25) is 0 Å². The Kier molecular flexibility index (Phi) is 9.13. The van der Waals surface area contributed by atoms with Gasteiger partial charge in [-0.1, -0.05) is 50.8 Å². The SMILES string of the molecule is CCCCCCCCSC(C)=O. The zero-order chi connectivity index (χ0) is 9.23. The second-order valence-electron chi connectivity index (χ2n) is 3.11. The molecule has 2 heteroatoms. The Hall–Kier alpha value is 0.0200. The Bertz CT molecular complexity index is 112. The minimum atomic E-state index is 0.253. The van der Waals surface area contributed by atoms with Crippen molar-refractivity contribution in [3.63, 3.8) is 0 Å². The minimum Gasteiger partial charge on any atom is -0.288 e. The number of unbranched alkanes of at least 4 members (excludes halogenated alkanes) is 5. The van der Waals surface area contributed by atoms with E-state index in [1.165, 1.54) is 50.3 Å². The largest absolute Gasteiger partial charge is 0.288 e. The Morgan fingerprint density at radius 2 is 1.67 bits per heavy atom. The maximum absolute atomic E-state index is 10.5. The fourth-order valence-corrected chi connectivity index (χ4v) is 1.73. The number of hydrogen-bond acceptors (Lipinski definition) is 2. The van der Waals surface area contributed by atoms with E-state index in [0.29, 0.717) is 0 Å². The molecular weight excluding hydrogens is 168 g/mol. The summed E-state index contributed by atoms with van der Waals surface area (Å²) in [5, 5.41) is 0.253. The maximum Gasteiger partial charge on any atom is 0.185 e. The third kappa shape index (κ3) is 10.0. The van der Waals surface area contributed by atoms with Crippen LogP contribution < -0.4 is 0 Å². The van der Waals surface area contributed by atoms with E-state index in [1.54, 1.807) is 6.92 Å². The molecule has 0 aromatic carbocycles. The Labute approximate surface area is 80.3 Å². The van der Waals surface area contributed by atoms with Crippen molar-refractivity contribution in [3.8, 4) is 0 Å². The molecule has 0 aliphatic heterocycles. The van der Waals surface area contributed by atoms with Gasteiger partial charge in [0.05, 0.1) is 0 Å². The zero-order valence-corrected chi connectivity index (χ0v) is 9.08. The molecule has 12 heavy (non-hydrogen) atoms. The van der Waals surface area contributed by atoms with Crippen LogP contribution in [-0.2, 0) is 4.79 Å². The van der Waals surface area contributed by atoms with E-state index in [4.69, 9.17) is 0 Å². The van der Waals surface area contributed by atoms with E-state index in [2.05, 4.69) is 6.92 Å². The van der Waals surface area contributed by atoms with Crippen molar-refractivity contribution in [1.82, 2.24) is 0 Å². The molecule has 72 valence electrons. The van der Waals surface area contributed by atoms with Gasteiger partial charge in [-0.15, -0.1) is 0 Å². The summed E-state index contributed by atoms with van der Waals surface area (Å²) in [6.07, 6.45) is 7.86. The summed E-state index contributed by atoms with van der Waals surface area (Å²) in [7, 11) is 0. The summed E-state index contributed by atoms with van der Waals surface area (Å²) in [4.78, 5) is 10.5. The first-order chi connectivity index (χ1) is 5.77. The Morgan fingerprint density at radius 3 is 2.25 bits per heavy atom. The monoisotopic (exact) mass is 188 g/mol. The zero-order valence-electron chi connectivity index (χ0n) is 8.27. The van der Waals surface area contributed by atoms with Gasteiger partial charge < -0.3 is 0 Å². The van der Waals surface area contributed by atoms with Gasteiger partial charge in [0.25, 0.3) is 0 Å². The van der Waals surface area contributed by atoms with Crippen molar-refractivity contribution in [1.29, 1.82) is 0 Å². The van der Waals surface area contributed by atoms with Crippen molar-refractivity contribution < 1.29 is 4.79 Å². The number of hydrogen-bond donors (Lipinski definition) is 0. The average molecular weight is 188 g/mol. The topological polar surface area (TPSA) is 17.1 Å². The van der Waals surface area contributed by atoms with Crippen molar-refractivity contribution in [2.45, 2.75) is 52.4 Å². The van der Waals surface area contributed by atoms with Crippen LogP contribution in [-0.4, -0.2) is 10.9 Å². The highest BCUT2D eigenvalue weighted by molar-refractivity contribution is 8.13. The van der Waals surface area contributed by atoms with Gasteiger partial charge in [-0.25, -0.2) is 0 Å². The highest BCUT2D eigenvalue weighted by atomic mass is 32.2. The molecule has 0 fully saturated rings.